The molecule has 0 spiro atoms. The largest absolute Gasteiger partial charge is 0.469 e. The lowest BCUT2D eigenvalue weighted by Gasteiger charge is -2.13. The van der Waals surface area contributed by atoms with E-state index in [9.17, 15) is 9.36 Å². The van der Waals surface area contributed by atoms with Crippen molar-refractivity contribution >= 4 is 13.3 Å². The van der Waals surface area contributed by atoms with Crippen molar-refractivity contribution in [3.8, 4) is 0 Å². The van der Waals surface area contributed by atoms with E-state index in [-0.39, 0.29) is 6.16 Å². The van der Waals surface area contributed by atoms with Crippen LogP contribution in [0.25, 0.3) is 0 Å². The van der Waals surface area contributed by atoms with E-state index in [4.69, 9.17) is 4.52 Å². The van der Waals surface area contributed by atoms with Crippen molar-refractivity contribution in [2.45, 2.75) is 13.8 Å². The fourth-order valence-corrected chi connectivity index (χ4v) is 2.24. The Morgan fingerprint density at radius 3 is 2.33 bits per heavy atom. The lowest BCUT2D eigenvalue weighted by Crippen LogP contribution is -2.10. The van der Waals surface area contributed by atoms with Gasteiger partial charge in [0.15, 0.2) is 0 Å². The third-order valence-corrected chi connectivity index (χ3v) is 3.88. The van der Waals surface area contributed by atoms with Gasteiger partial charge in [-0.3, -0.25) is 9.36 Å². The van der Waals surface area contributed by atoms with Gasteiger partial charge in [-0.25, -0.2) is 0 Å². The van der Waals surface area contributed by atoms with Crippen molar-refractivity contribution in [3.05, 3.63) is 0 Å². The minimum Gasteiger partial charge on any atom is -0.469 e. The molecule has 5 heteroatoms. The number of rotatable bonds is 5. The molecular weight excluding hydrogens is 179 g/mol. The molecule has 4 nitrogen and oxygen atoms in total. The van der Waals surface area contributed by atoms with Gasteiger partial charge in [0.05, 0.1) is 13.7 Å². The maximum atomic E-state index is 11.6. The van der Waals surface area contributed by atoms with Crippen LogP contribution < -0.4 is 0 Å². The van der Waals surface area contributed by atoms with Crippen molar-refractivity contribution in [1.82, 2.24) is 0 Å². The smallest absolute Gasteiger partial charge is 0.315 e. The van der Waals surface area contributed by atoms with Gasteiger partial charge in [0.25, 0.3) is 0 Å². The fraction of sp³-hybridized carbons (Fsp3) is 0.857. The van der Waals surface area contributed by atoms with E-state index in [1.807, 2.05) is 0 Å². The van der Waals surface area contributed by atoms with Gasteiger partial charge in [0.1, 0.15) is 6.16 Å². The highest BCUT2D eigenvalue weighted by Crippen LogP contribution is 2.45. The van der Waals surface area contributed by atoms with Gasteiger partial charge in [-0.1, -0.05) is 6.92 Å². The zero-order valence-corrected chi connectivity index (χ0v) is 8.60. The Morgan fingerprint density at radius 2 is 2.00 bits per heavy atom. The van der Waals surface area contributed by atoms with Gasteiger partial charge in [-0.05, 0) is 6.92 Å². The first-order valence-electron chi connectivity index (χ1n) is 3.87. The van der Waals surface area contributed by atoms with Gasteiger partial charge in [0.2, 0.25) is 7.37 Å². The summed E-state index contributed by atoms with van der Waals surface area (Å²) in [6, 6.07) is 0. The third kappa shape index (κ3) is 3.88. The maximum Gasteiger partial charge on any atom is 0.315 e. The molecule has 12 heavy (non-hydrogen) atoms. The summed E-state index contributed by atoms with van der Waals surface area (Å²) in [5.74, 6) is -0.478. The van der Waals surface area contributed by atoms with Crippen LogP contribution in [0.15, 0.2) is 0 Å². The van der Waals surface area contributed by atoms with Crippen molar-refractivity contribution in [2.75, 3.05) is 26.0 Å². The van der Waals surface area contributed by atoms with Crippen molar-refractivity contribution in [3.63, 3.8) is 0 Å². The summed E-state index contributed by atoms with van der Waals surface area (Å²) in [4.78, 5) is 10.8. The SMILES string of the molecule is CCOP(=O)(CC)CC(=O)OC. The second-order valence-electron chi connectivity index (χ2n) is 2.28. The Kier molecular flexibility index (Phi) is 5.18. The standard InChI is InChI=1S/C7H15O4P/c1-4-11-12(9,5-2)6-7(8)10-3/h4-6H2,1-3H3. The number of ether oxygens (including phenoxy) is 1. The van der Waals surface area contributed by atoms with E-state index >= 15 is 0 Å². The van der Waals surface area contributed by atoms with Crippen LogP contribution in [0.2, 0.25) is 0 Å². The highest BCUT2D eigenvalue weighted by atomic mass is 31.2. The highest BCUT2D eigenvalue weighted by molar-refractivity contribution is 7.59. The molecule has 0 aromatic heterocycles. The van der Waals surface area contributed by atoms with Crippen LogP contribution in [-0.2, 0) is 18.6 Å². The Balaban J connectivity index is 4.14. The lowest BCUT2D eigenvalue weighted by atomic mass is 10.8. The van der Waals surface area contributed by atoms with Crippen LogP contribution in [0.3, 0.4) is 0 Å². The Labute approximate surface area is 72.7 Å². The van der Waals surface area contributed by atoms with E-state index in [0.29, 0.717) is 12.8 Å². The topological polar surface area (TPSA) is 52.6 Å². The van der Waals surface area contributed by atoms with E-state index in [1.165, 1.54) is 7.11 Å². The van der Waals surface area contributed by atoms with Gasteiger partial charge in [0, 0.05) is 6.16 Å². The predicted molar refractivity (Wildman–Crippen MR) is 46.7 cm³/mol. The number of carbonyl (C=O) groups excluding carboxylic acids is 1. The first kappa shape index (κ1) is 11.7. The van der Waals surface area contributed by atoms with Crippen LogP contribution in [0, 0.1) is 0 Å². The second-order valence-corrected chi connectivity index (χ2v) is 5.12. The lowest BCUT2D eigenvalue weighted by molar-refractivity contribution is -0.137. The summed E-state index contributed by atoms with van der Waals surface area (Å²) in [5.41, 5.74) is 0. The summed E-state index contributed by atoms with van der Waals surface area (Å²) in [6.45, 7) is 3.85. The molecular formula is C7H15O4P. The summed E-state index contributed by atoms with van der Waals surface area (Å²) in [7, 11) is -1.48. The summed E-state index contributed by atoms with van der Waals surface area (Å²) in [6.07, 6.45) is 0.254. The quantitative estimate of drug-likeness (QED) is 0.491. The number of methoxy groups -OCH3 is 1. The van der Waals surface area contributed by atoms with E-state index < -0.39 is 13.3 Å². The van der Waals surface area contributed by atoms with E-state index in [2.05, 4.69) is 4.74 Å². The van der Waals surface area contributed by atoms with Crippen molar-refractivity contribution in [2.24, 2.45) is 0 Å². The molecule has 0 aromatic carbocycles. The number of carbonyl (C=O) groups is 1. The summed E-state index contributed by atoms with van der Waals surface area (Å²) in [5, 5.41) is 0. The highest BCUT2D eigenvalue weighted by Gasteiger charge is 2.24. The molecule has 0 bridgehead atoms. The molecule has 1 atom stereocenters. The monoisotopic (exact) mass is 194 g/mol. The fourth-order valence-electron chi connectivity index (χ4n) is 0.745. The Morgan fingerprint density at radius 1 is 1.42 bits per heavy atom. The molecule has 0 amide bonds. The molecule has 0 aliphatic rings. The average Bonchev–Trinajstić information content (AvgIpc) is 2.05. The van der Waals surface area contributed by atoms with Crippen molar-refractivity contribution < 1.29 is 18.6 Å². The molecule has 0 radical (unpaired) electrons. The molecule has 0 rings (SSSR count). The zero-order chi connectivity index (χ0) is 9.61. The minimum absolute atomic E-state index is 0.117. The molecule has 72 valence electrons. The third-order valence-electron chi connectivity index (χ3n) is 1.44. The van der Waals surface area contributed by atoms with Crippen LogP contribution in [0.5, 0.6) is 0 Å². The Hall–Kier alpha value is -0.340. The van der Waals surface area contributed by atoms with Crippen LogP contribution >= 0.6 is 7.37 Å². The molecule has 0 saturated carbocycles. The summed E-state index contributed by atoms with van der Waals surface area (Å²) < 4.78 is 21.0. The normalized spacial score (nSPS) is 15.2. The molecule has 0 fully saturated rings. The van der Waals surface area contributed by atoms with Gasteiger partial charge in [-0.15, -0.1) is 0 Å². The average molecular weight is 194 g/mol. The van der Waals surface area contributed by atoms with Gasteiger partial charge >= 0.3 is 5.97 Å². The molecule has 0 aromatic rings. The molecule has 0 aliphatic heterocycles. The maximum absolute atomic E-state index is 11.6. The summed E-state index contributed by atoms with van der Waals surface area (Å²) >= 11 is 0. The molecule has 0 aliphatic carbocycles. The molecule has 0 saturated heterocycles. The molecule has 1 unspecified atom stereocenters. The first-order chi connectivity index (χ1) is 5.58. The molecule has 0 N–H and O–H groups in total. The molecule has 0 heterocycles. The number of esters is 1. The van der Waals surface area contributed by atoms with Gasteiger partial charge < -0.3 is 9.26 Å². The second kappa shape index (κ2) is 5.33. The number of hydrogen-bond donors (Lipinski definition) is 0. The van der Waals surface area contributed by atoms with Crippen LogP contribution in [0.4, 0.5) is 0 Å². The van der Waals surface area contributed by atoms with Crippen molar-refractivity contribution in [1.29, 1.82) is 0 Å². The zero-order valence-electron chi connectivity index (χ0n) is 7.70. The van der Waals surface area contributed by atoms with E-state index in [1.54, 1.807) is 13.8 Å². The Bertz CT molecular complexity index is 190. The minimum atomic E-state index is -2.75. The van der Waals surface area contributed by atoms with Gasteiger partial charge in [-0.2, -0.15) is 0 Å². The van der Waals surface area contributed by atoms with Crippen LogP contribution in [-0.4, -0.2) is 32.0 Å². The number of hydrogen-bond acceptors (Lipinski definition) is 4. The first-order valence-corrected chi connectivity index (χ1v) is 5.87. The van der Waals surface area contributed by atoms with E-state index in [0.717, 1.165) is 0 Å². The predicted octanol–water partition coefficient (Wildman–Crippen LogP) is 1.49. The van der Waals surface area contributed by atoms with Crippen LogP contribution in [0.1, 0.15) is 13.8 Å².